The Balaban J connectivity index is 1.74. The molecule has 128 valence electrons. The second kappa shape index (κ2) is 6.43. The van der Waals surface area contributed by atoms with Gasteiger partial charge in [-0.2, -0.15) is 0 Å². The fourth-order valence-corrected chi connectivity index (χ4v) is 3.71. The molecule has 0 aromatic heterocycles. The highest BCUT2D eigenvalue weighted by Gasteiger charge is 2.21. The topological polar surface area (TPSA) is 40.6 Å². The van der Waals surface area contributed by atoms with Gasteiger partial charge in [-0.15, -0.1) is 0 Å². The average Bonchev–Trinajstić information content (AvgIpc) is 2.55. The summed E-state index contributed by atoms with van der Waals surface area (Å²) in [5, 5.41) is 0. The molecular weight excluding hydrogens is 327 g/mol. The summed E-state index contributed by atoms with van der Waals surface area (Å²) in [7, 11) is -3.39. The lowest BCUT2D eigenvalue weighted by atomic mass is 10.1. The molecule has 0 atom stereocenters. The Labute approximate surface area is 142 Å². The number of benzene rings is 2. The minimum absolute atomic E-state index is 0.0160. The first-order valence-corrected chi connectivity index (χ1v) is 9.80. The zero-order valence-corrected chi connectivity index (χ0v) is 14.7. The van der Waals surface area contributed by atoms with Gasteiger partial charge in [0.15, 0.2) is 9.84 Å². The molecule has 0 amide bonds. The van der Waals surface area contributed by atoms with E-state index in [4.69, 9.17) is 0 Å². The van der Waals surface area contributed by atoms with Gasteiger partial charge in [0.1, 0.15) is 5.82 Å². The van der Waals surface area contributed by atoms with Crippen LogP contribution in [0.2, 0.25) is 0 Å². The van der Waals surface area contributed by atoms with Crippen LogP contribution >= 0.6 is 0 Å². The fourth-order valence-electron chi connectivity index (χ4n) is 3.08. The Morgan fingerprint density at radius 3 is 2.04 bits per heavy atom. The molecule has 0 spiro atoms. The Kier molecular flexibility index (Phi) is 4.49. The van der Waals surface area contributed by atoms with Crippen molar-refractivity contribution in [3.63, 3.8) is 0 Å². The van der Waals surface area contributed by atoms with E-state index in [9.17, 15) is 12.8 Å². The van der Waals surface area contributed by atoms with Crippen molar-refractivity contribution in [2.24, 2.45) is 0 Å². The molecule has 0 aliphatic carbocycles. The molecule has 3 rings (SSSR count). The molecule has 1 heterocycles. The van der Waals surface area contributed by atoms with Crippen molar-refractivity contribution in [1.82, 2.24) is 0 Å². The van der Waals surface area contributed by atoms with Crippen LogP contribution in [0.25, 0.3) is 0 Å². The van der Waals surface area contributed by atoms with E-state index in [0.717, 1.165) is 25.4 Å². The Hall–Kier alpha value is -2.08. The van der Waals surface area contributed by atoms with E-state index in [2.05, 4.69) is 24.0 Å². The number of hydrogen-bond acceptors (Lipinski definition) is 4. The first kappa shape index (κ1) is 16.8. The third-order valence-electron chi connectivity index (χ3n) is 4.42. The predicted molar refractivity (Wildman–Crippen MR) is 95.1 cm³/mol. The summed E-state index contributed by atoms with van der Waals surface area (Å²) < 4.78 is 37.4. The molecule has 1 aliphatic rings. The lowest BCUT2D eigenvalue weighted by molar-refractivity contribution is 0.586. The molecule has 0 radical (unpaired) electrons. The molecule has 1 fully saturated rings. The maximum Gasteiger partial charge on any atom is 0.175 e. The van der Waals surface area contributed by atoms with Crippen LogP contribution in [-0.2, 0) is 9.84 Å². The van der Waals surface area contributed by atoms with E-state index in [1.165, 1.54) is 17.3 Å². The predicted octanol–water partition coefficient (Wildman–Crippen LogP) is 2.86. The molecule has 0 bridgehead atoms. The first-order valence-electron chi connectivity index (χ1n) is 7.91. The summed E-state index contributed by atoms with van der Waals surface area (Å²) in [6, 6.07) is 12.4. The number of para-hydroxylation sites is 1. The Morgan fingerprint density at radius 2 is 1.50 bits per heavy atom. The number of nitrogens with zero attached hydrogens (tertiary/aromatic N) is 2. The van der Waals surface area contributed by atoms with Gasteiger partial charge in [-0.05, 0) is 36.8 Å². The monoisotopic (exact) mass is 348 g/mol. The van der Waals surface area contributed by atoms with Crippen molar-refractivity contribution < 1.29 is 12.8 Å². The zero-order valence-electron chi connectivity index (χ0n) is 13.9. The standard InChI is InChI=1S/C18H21FN2O2S/c1-14-5-3-4-6-17(14)20-9-11-21(12-10-20)18-8-7-15(13-16(18)19)24(2,22)23/h3-8,13H,9-12H2,1-2H3. The van der Waals surface area contributed by atoms with Gasteiger partial charge in [0, 0.05) is 38.1 Å². The van der Waals surface area contributed by atoms with Gasteiger partial charge in [-0.3, -0.25) is 0 Å². The summed E-state index contributed by atoms with van der Waals surface area (Å²) in [6.07, 6.45) is 1.09. The highest BCUT2D eigenvalue weighted by Crippen LogP contribution is 2.26. The van der Waals surface area contributed by atoms with E-state index >= 15 is 0 Å². The van der Waals surface area contributed by atoms with Crippen LogP contribution in [0.4, 0.5) is 15.8 Å². The summed E-state index contributed by atoms with van der Waals surface area (Å²) in [6.45, 7) is 5.09. The zero-order chi connectivity index (χ0) is 17.3. The molecule has 6 heteroatoms. The molecule has 2 aromatic rings. The lowest BCUT2D eigenvalue weighted by Crippen LogP contribution is -2.47. The number of rotatable bonds is 3. The number of halogens is 1. The van der Waals surface area contributed by atoms with Crippen LogP contribution in [0.3, 0.4) is 0 Å². The van der Waals surface area contributed by atoms with E-state index in [1.807, 2.05) is 17.0 Å². The van der Waals surface area contributed by atoms with Crippen molar-refractivity contribution >= 4 is 21.2 Å². The third-order valence-corrected chi connectivity index (χ3v) is 5.53. The number of piperazine rings is 1. The van der Waals surface area contributed by atoms with E-state index in [-0.39, 0.29) is 4.90 Å². The fraction of sp³-hybridized carbons (Fsp3) is 0.333. The molecule has 4 nitrogen and oxygen atoms in total. The smallest absolute Gasteiger partial charge is 0.175 e. The quantitative estimate of drug-likeness (QED) is 0.855. The largest absolute Gasteiger partial charge is 0.368 e. The van der Waals surface area contributed by atoms with Crippen LogP contribution in [0, 0.1) is 12.7 Å². The van der Waals surface area contributed by atoms with Gasteiger partial charge in [-0.25, -0.2) is 12.8 Å². The van der Waals surface area contributed by atoms with Crippen molar-refractivity contribution in [3.8, 4) is 0 Å². The Morgan fingerprint density at radius 1 is 0.917 bits per heavy atom. The third kappa shape index (κ3) is 3.38. The number of hydrogen-bond donors (Lipinski definition) is 0. The second-order valence-corrected chi connectivity index (χ2v) is 8.16. The summed E-state index contributed by atoms with van der Waals surface area (Å²) >= 11 is 0. The van der Waals surface area contributed by atoms with Gasteiger partial charge >= 0.3 is 0 Å². The number of anilines is 2. The Bertz CT molecular complexity index is 844. The minimum Gasteiger partial charge on any atom is -0.368 e. The summed E-state index contributed by atoms with van der Waals surface area (Å²) in [5.74, 6) is -0.484. The van der Waals surface area contributed by atoms with Crippen molar-refractivity contribution in [2.75, 3.05) is 42.2 Å². The van der Waals surface area contributed by atoms with Crippen LogP contribution in [0.1, 0.15) is 5.56 Å². The highest BCUT2D eigenvalue weighted by molar-refractivity contribution is 7.90. The molecule has 2 aromatic carbocycles. The maximum absolute atomic E-state index is 14.3. The first-order chi connectivity index (χ1) is 11.4. The van der Waals surface area contributed by atoms with Crippen LogP contribution < -0.4 is 9.80 Å². The highest BCUT2D eigenvalue weighted by atomic mass is 32.2. The molecule has 24 heavy (non-hydrogen) atoms. The van der Waals surface area contributed by atoms with E-state index in [1.54, 1.807) is 6.07 Å². The van der Waals surface area contributed by atoms with Gasteiger partial charge in [0.2, 0.25) is 0 Å². The SMILES string of the molecule is Cc1ccccc1N1CCN(c2ccc(S(C)(=O)=O)cc2F)CC1. The average molecular weight is 348 g/mol. The summed E-state index contributed by atoms with van der Waals surface area (Å²) in [5.41, 5.74) is 2.91. The molecule has 1 aliphatic heterocycles. The van der Waals surface area contributed by atoms with Gasteiger partial charge in [-0.1, -0.05) is 18.2 Å². The number of sulfone groups is 1. The lowest BCUT2D eigenvalue weighted by Gasteiger charge is -2.38. The number of aryl methyl sites for hydroxylation is 1. The van der Waals surface area contributed by atoms with E-state index < -0.39 is 15.7 Å². The van der Waals surface area contributed by atoms with Crippen molar-refractivity contribution in [2.45, 2.75) is 11.8 Å². The van der Waals surface area contributed by atoms with Gasteiger partial charge in [0.25, 0.3) is 0 Å². The molecular formula is C18H21FN2O2S. The van der Waals surface area contributed by atoms with Gasteiger partial charge in [0.05, 0.1) is 10.6 Å². The minimum atomic E-state index is -3.39. The van der Waals surface area contributed by atoms with E-state index in [0.29, 0.717) is 18.8 Å². The van der Waals surface area contributed by atoms with Crippen molar-refractivity contribution in [3.05, 3.63) is 53.8 Å². The van der Waals surface area contributed by atoms with Crippen LogP contribution in [-0.4, -0.2) is 40.9 Å². The second-order valence-electron chi connectivity index (χ2n) is 6.15. The van der Waals surface area contributed by atoms with Crippen LogP contribution in [0.15, 0.2) is 47.4 Å². The normalized spacial score (nSPS) is 15.6. The summed E-state index contributed by atoms with van der Waals surface area (Å²) in [4.78, 5) is 4.28. The molecule has 0 saturated carbocycles. The maximum atomic E-state index is 14.3. The van der Waals surface area contributed by atoms with Gasteiger partial charge < -0.3 is 9.80 Å². The van der Waals surface area contributed by atoms with Crippen LogP contribution in [0.5, 0.6) is 0 Å². The molecule has 0 N–H and O–H groups in total. The molecule has 1 saturated heterocycles. The van der Waals surface area contributed by atoms with Crippen molar-refractivity contribution in [1.29, 1.82) is 0 Å². The molecule has 0 unspecified atom stereocenters.